The Morgan fingerprint density at radius 2 is 1.94 bits per heavy atom. The minimum atomic E-state index is -0.924. The molecule has 0 aliphatic heterocycles. The van der Waals surface area contributed by atoms with Gasteiger partial charge >= 0.3 is 5.97 Å². The van der Waals surface area contributed by atoms with Crippen LogP contribution in [0.3, 0.4) is 0 Å². The highest BCUT2D eigenvalue weighted by molar-refractivity contribution is 5.82. The van der Waals surface area contributed by atoms with Crippen LogP contribution in [-0.4, -0.2) is 61.3 Å². The number of carboxylic acid groups (broad SMARTS) is 1. The molecule has 1 unspecified atom stereocenters. The van der Waals surface area contributed by atoms with Crippen LogP contribution < -0.4 is 5.32 Å². The first kappa shape index (κ1) is 16.9. The van der Waals surface area contributed by atoms with E-state index >= 15 is 0 Å². The molecule has 18 heavy (non-hydrogen) atoms. The molecular weight excluding hydrogens is 236 g/mol. The van der Waals surface area contributed by atoms with Crippen LogP contribution in [0.2, 0.25) is 0 Å². The van der Waals surface area contributed by atoms with Gasteiger partial charge in [-0.25, -0.2) is 0 Å². The second-order valence-electron chi connectivity index (χ2n) is 4.68. The smallest absolute Gasteiger partial charge is 0.317 e. The summed E-state index contributed by atoms with van der Waals surface area (Å²) in [4.78, 5) is 24.3. The summed E-state index contributed by atoms with van der Waals surface area (Å²) in [5, 5.41) is 11.6. The summed E-state index contributed by atoms with van der Waals surface area (Å²) >= 11 is 0. The van der Waals surface area contributed by atoms with Crippen molar-refractivity contribution in [2.45, 2.75) is 26.8 Å². The molecule has 1 atom stereocenters. The van der Waals surface area contributed by atoms with Gasteiger partial charge in [-0.05, 0) is 12.8 Å². The van der Waals surface area contributed by atoms with Gasteiger partial charge < -0.3 is 15.2 Å². The fourth-order valence-corrected chi connectivity index (χ4v) is 1.59. The van der Waals surface area contributed by atoms with Crippen LogP contribution in [0.25, 0.3) is 0 Å². The van der Waals surface area contributed by atoms with Crippen molar-refractivity contribution < 1.29 is 19.4 Å². The zero-order valence-electron chi connectivity index (χ0n) is 11.6. The molecule has 0 aliphatic rings. The molecule has 0 saturated heterocycles. The number of carboxylic acids is 1. The maximum atomic E-state index is 11.8. The molecule has 0 saturated carbocycles. The number of nitrogens with zero attached hydrogens (tertiary/aromatic N) is 1. The van der Waals surface area contributed by atoms with Gasteiger partial charge in [0, 0.05) is 20.2 Å². The van der Waals surface area contributed by atoms with Crippen LogP contribution >= 0.6 is 0 Å². The van der Waals surface area contributed by atoms with Crippen LogP contribution in [-0.2, 0) is 14.3 Å². The van der Waals surface area contributed by atoms with Crippen molar-refractivity contribution in [2.75, 3.05) is 33.4 Å². The fourth-order valence-electron chi connectivity index (χ4n) is 1.59. The summed E-state index contributed by atoms with van der Waals surface area (Å²) in [6, 6.07) is -0.458. The Hall–Kier alpha value is -1.14. The van der Waals surface area contributed by atoms with E-state index in [1.54, 1.807) is 18.9 Å². The number of amides is 1. The highest BCUT2D eigenvalue weighted by Crippen LogP contribution is 2.04. The molecule has 0 radical (unpaired) electrons. The summed E-state index contributed by atoms with van der Waals surface area (Å²) in [6.07, 6.45) is 0. The quantitative estimate of drug-likeness (QED) is 0.578. The summed E-state index contributed by atoms with van der Waals surface area (Å²) < 4.78 is 4.84. The van der Waals surface area contributed by atoms with Crippen molar-refractivity contribution in [1.82, 2.24) is 10.2 Å². The molecule has 106 valence electrons. The predicted octanol–water partition coefficient (Wildman–Crippen LogP) is 0.180. The van der Waals surface area contributed by atoms with Crippen molar-refractivity contribution in [3.05, 3.63) is 0 Å². The highest BCUT2D eigenvalue weighted by Gasteiger charge is 2.23. The van der Waals surface area contributed by atoms with Gasteiger partial charge in [0.25, 0.3) is 0 Å². The van der Waals surface area contributed by atoms with E-state index in [0.29, 0.717) is 25.6 Å². The minimum Gasteiger partial charge on any atom is -0.480 e. The predicted molar refractivity (Wildman–Crippen MR) is 68.4 cm³/mol. The number of rotatable bonds is 9. The van der Waals surface area contributed by atoms with E-state index < -0.39 is 12.0 Å². The lowest BCUT2D eigenvalue weighted by Gasteiger charge is -2.28. The van der Waals surface area contributed by atoms with Gasteiger partial charge in [0.15, 0.2) is 0 Å². The molecule has 6 nitrogen and oxygen atoms in total. The normalized spacial score (nSPS) is 12.8. The number of hydrogen-bond donors (Lipinski definition) is 2. The van der Waals surface area contributed by atoms with Crippen molar-refractivity contribution in [1.29, 1.82) is 0 Å². The van der Waals surface area contributed by atoms with E-state index in [1.807, 2.05) is 13.8 Å². The zero-order valence-corrected chi connectivity index (χ0v) is 11.6. The Labute approximate surface area is 108 Å². The maximum Gasteiger partial charge on any atom is 0.317 e. The summed E-state index contributed by atoms with van der Waals surface area (Å²) in [5.74, 6) is -0.792. The van der Waals surface area contributed by atoms with Gasteiger partial charge in [0.05, 0.1) is 19.2 Å². The van der Waals surface area contributed by atoms with Crippen molar-refractivity contribution >= 4 is 11.9 Å². The van der Waals surface area contributed by atoms with Gasteiger partial charge in [-0.3, -0.25) is 14.5 Å². The molecule has 0 heterocycles. The lowest BCUT2D eigenvalue weighted by Crippen LogP contribution is -2.48. The highest BCUT2D eigenvalue weighted by atomic mass is 16.5. The Morgan fingerprint density at radius 3 is 2.39 bits per heavy atom. The van der Waals surface area contributed by atoms with Gasteiger partial charge in [-0.2, -0.15) is 0 Å². The third-order valence-corrected chi connectivity index (χ3v) is 2.47. The molecule has 0 aromatic heterocycles. The van der Waals surface area contributed by atoms with Crippen LogP contribution in [0.1, 0.15) is 20.8 Å². The monoisotopic (exact) mass is 260 g/mol. The van der Waals surface area contributed by atoms with E-state index in [2.05, 4.69) is 5.32 Å². The molecule has 1 amide bonds. The van der Waals surface area contributed by atoms with Crippen molar-refractivity contribution in [3.8, 4) is 0 Å². The average Bonchev–Trinajstić information content (AvgIpc) is 2.26. The first-order valence-corrected chi connectivity index (χ1v) is 6.11. The first-order chi connectivity index (χ1) is 8.38. The van der Waals surface area contributed by atoms with E-state index in [0.717, 1.165) is 0 Å². The van der Waals surface area contributed by atoms with Gasteiger partial charge in [0.2, 0.25) is 5.91 Å². The Kier molecular flexibility index (Phi) is 8.32. The third kappa shape index (κ3) is 7.24. The van der Waals surface area contributed by atoms with E-state index in [1.165, 1.54) is 0 Å². The van der Waals surface area contributed by atoms with Crippen LogP contribution in [0.4, 0.5) is 0 Å². The molecule has 6 heteroatoms. The maximum absolute atomic E-state index is 11.8. The molecule has 2 N–H and O–H groups in total. The summed E-state index contributed by atoms with van der Waals surface area (Å²) in [6.45, 7) is 7.02. The Balaban J connectivity index is 4.37. The second-order valence-corrected chi connectivity index (χ2v) is 4.68. The molecular formula is C12H24N2O4. The number of methoxy groups -OCH3 is 1. The number of ether oxygens (including phenoxy) is 1. The van der Waals surface area contributed by atoms with E-state index in [9.17, 15) is 9.59 Å². The topological polar surface area (TPSA) is 78.9 Å². The van der Waals surface area contributed by atoms with Crippen LogP contribution in [0, 0.1) is 5.92 Å². The number of nitrogens with one attached hydrogen (secondary N) is 1. The first-order valence-electron chi connectivity index (χ1n) is 6.11. The molecule has 0 bridgehead atoms. The lowest BCUT2D eigenvalue weighted by atomic mass is 10.1. The summed E-state index contributed by atoms with van der Waals surface area (Å²) in [7, 11) is 1.56. The zero-order chi connectivity index (χ0) is 14.1. The molecule has 0 aliphatic carbocycles. The molecule has 0 aromatic rings. The molecule has 0 aromatic carbocycles. The van der Waals surface area contributed by atoms with Crippen molar-refractivity contribution in [3.63, 3.8) is 0 Å². The number of hydrogen-bond acceptors (Lipinski definition) is 4. The second kappa shape index (κ2) is 8.88. The van der Waals surface area contributed by atoms with E-state index in [-0.39, 0.29) is 12.5 Å². The van der Waals surface area contributed by atoms with Crippen molar-refractivity contribution in [2.24, 2.45) is 5.92 Å². The molecule has 0 rings (SSSR count). The average molecular weight is 260 g/mol. The third-order valence-electron chi connectivity index (χ3n) is 2.47. The lowest BCUT2D eigenvalue weighted by molar-refractivity contribution is -0.140. The molecule has 0 fully saturated rings. The Morgan fingerprint density at radius 1 is 1.33 bits per heavy atom. The number of aliphatic carboxylic acids is 1. The summed E-state index contributed by atoms with van der Waals surface area (Å²) in [5.41, 5.74) is 0. The molecule has 0 spiro atoms. The number of carbonyl (C=O) groups excluding carboxylic acids is 1. The minimum absolute atomic E-state index is 0.128. The van der Waals surface area contributed by atoms with Gasteiger partial charge in [0.1, 0.15) is 0 Å². The standard InChI is InChI=1S/C12H24N2O4/c1-9(2)7-14(8-11(15)16)10(3)12(17)13-5-6-18-4/h9-10H,5-8H2,1-4H3,(H,13,17)(H,15,16). The van der Waals surface area contributed by atoms with Crippen LogP contribution in [0.15, 0.2) is 0 Å². The largest absolute Gasteiger partial charge is 0.480 e. The van der Waals surface area contributed by atoms with E-state index in [4.69, 9.17) is 9.84 Å². The van der Waals surface area contributed by atoms with Gasteiger partial charge in [-0.1, -0.05) is 13.8 Å². The SMILES string of the molecule is COCCNC(=O)C(C)N(CC(=O)O)CC(C)C. The van der Waals surface area contributed by atoms with Gasteiger partial charge in [-0.15, -0.1) is 0 Å². The Bertz CT molecular complexity index is 269. The fraction of sp³-hybridized carbons (Fsp3) is 0.833. The number of carbonyl (C=O) groups is 2. The van der Waals surface area contributed by atoms with Crippen LogP contribution in [0.5, 0.6) is 0 Å².